The fraction of sp³-hybridized carbons (Fsp3) is 0.0455. The minimum absolute atomic E-state index is 1.02. The van der Waals surface area contributed by atoms with E-state index in [-0.39, 0.29) is 0 Å². The molecule has 2 nitrogen and oxygen atoms in total. The second-order valence-corrected chi connectivity index (χ2v) is 6.27. The number of aryl methyl sites for hydroxylation is 1. The van der Waals surface area contributed by atoms with Gasteiger partial charge in [-0.2, -0.15) is 0 Å². The summed E-state index contributed by atoms with van der Waals surface area (Å²) < 4.78 is 0. The van der Waals surface area contributed by atoms with Crippen molar-refractivity contribution in [1.82, 2.24) is 9.97 Å². The average molecular weight is 308 g/mol. The van der Waals surface area contributed by atoms with Crippen LogP contribution in [0.2, 0.25) is 0 Å². The van der Waals surface area contributed by atoms with Crippen molar-refractivity contribution >= 4 is 32.7 Å². The number of H-pyrrole nitrogens is 1. The van der Waals surface area contributed by atoms with Gasteiger partial charge in [0.15, 0.2) is 0 Å². The van der Waals surface area contributed by atoms with Gasteiger partial charge in [0, 0.05) is 27.2 Å². The molecule has 0 spiro atoms. The van der Waals surface area contributed by atoms with Crippen LogP contribution in [-0.4, -0.2) is 9.97 Å². The van der Waals surface area contributed by atoms with Crippen molar-refractivity contribution in [2.45, 2.75) is 6.92 Å². The predicted octanol–water partition coefficient (Wildman–Crippen LogP) is 5.84. The molecule has 1 N–H and O–H groups in total. The van der Waals surface area contributed by atoms with Gasteiger partial charge in [-0.3, -0.25) is 0 Å². The summed E-state index contributed by atoms with van der Waals surface area (Å²) in [5, 5.41) is 3.59. The minimum Gasteiger partial charge on any atom is -0.354 e. The van der Waals surface area contributed by atoms with Gasteiger partial charge in [0.05, 0.1) is 16.7 Å². The molecule has 0 unspecified atom stereocenters. The van der Waals surface area contributed by atoms with Gasteiger partial charge in [-0.1, -0.05) is 60.2 Å². The molecule has 0 aliphatic carbocycles. The van der Waals surface area contributed by atoms with E-state index in [1.807, 2.05) is 6.07 Å². The Hall–Kier alpha value is -3.13. The highest BCUT2D eigenvalue weighted by molar-refractivity contribution is 6.20. The van der Waals surface area contributed by atoms with Crippen molar-refractivity contribution in [3.63, 3.8) is 0 Å². The van der Waals surface area contributed by atoms with Crippen LogP contribution >= 0.6 is 0 Å². The van der Waals surface area contributed by atoms with Gasteiger partial charge in [-0.05, 0) is 25.1 Å². The molecule has 0 amide bonds. The van der Waals surface area contributed by atoms with Crippen LogP contribution in [0.25, 0.3) is 44.0 Å². The van der Waals surface area contributed by atoms with Gasteiger partial charge in [-0.25, -0.2) is 4.98 Å². The lowest BCUT2D eigenvalue weighted by atomic mass is 10.0. The van der Waals surface area contributed by atoms with E-state index in [0.29, 0.717) is 0 Å². The van der Waals surface area contributed by atoms with Gasteiger partial charge < -0.3 is 4.98 Å². The maximum absolute atomic E-state index is 5.02. The second-order valence-electron chi connectivity index (χ2n) is 6.27. The van der Waals surface area contributed by atoms with Crippen LogP contribution in [0.5, 0.6) is 0 Å². The maximum atomic E-state index is 5.02. The molecule has 5 rings (SSSR count). The Morgan fingerprint density at radius 1 is 0.792 bits per heavy atom. The smallest absolute Gasteiger partial charge is 0.0809 e. The van der Waals surface area contributed by atoms with E-state index in [1.54, 1.807) is 0 Å². The standard InChI is InChI=1S/C22H16N2/c1-14-7-6-8-15(13-14)21-20-16-9-2-4-11-18(16)24-22(20)17-10-3-5-12-19(17)23-21/h2-13,24H,1H3. The Morgan fingerprint density at radius 3 is 2.46 bits per heavy atom. The zero-order valence-corrected chi connectivity index (χ0v) is 13.4. The summed E-state index contributed by atoms with van der Waals surface area (Å²) in [6, 6.07) is 25.4. The number of para-hydroxylation sites is 2. The average Bonchev–Trinajstić information content (AvgIpc) is 3.01. The largest absolute Gasteiger partial charge is 0.354 e. The highest BCUT2D eigenvalue weighted by atomic mass is 14.8. The van der Waals surface area contributed by atoms with Gasteiger partial charge in [0.25, 0.3) is 0 Å². The van der Waals surface area contributed by atoms with E-state index in [1.165, 1.54) is 27.2 Å². The number of benzene rings is 3. The molecule has 2 heterocycles. The van der Waals surface area contributed by atoms with Gasteiger partial charge in [0.1, 0.15) is 0 Å². The highest BCUT2D eigenvalue weighted by Crippen LogP contribution is 2.37. The third kappa shape index (κ3) is 1.86. The van der Waals surface area contributed by atoms with Gasteiger partial charge in [-0.15, -0.1) is 0 Å². The van der Waals surface area contributed by atoms with Crippen LogP contribution in [-0.2, 0) is 0 Å². The van der Waals surface area contributed by atoms with E-state index in [4.69, 9.17) is 4.98 Å². The molecule has 114 valence electrons. The Labute approximate surface area is 139 Å². The van der Waals surface area contributed by atoms with Crippen molar-refractivity contribution < 1.29 is 0 Å². The van der Waals surface area contributed by atoms with Crippen LogP contribution in [0.3, 0.4) is 0 Å². The summed E-state index contributed by atoms with van der Waals surface area (Å²) in [5.41, 5.74) is 6.79. The SMILES string of the molecule is Cc1cccc(-c2nc3ccccc3c3[nH]c4ccccc4c23)c1. The normalized spacial score (nSPS) is 11.5. The lowest BCUT2D eigenvalue weighted by Crippen LogP contribution is -1.89. The third-order valence-electron chi connectivity index (χ3n) is 4.64. The number of nitrogens with zero attached hydrogens (tertiary/aromatic N) is 1. The van der Waals surface area contributed by atoms with E-state index in [2.05, 4.69) is 78.6 Å². The first kappa shape index (κ1) is 13.3. The van der Waals surface area contributed by atoms with E-state index in [0.717, 1.165) is 22.3 Å². The lowest BCUT2D eigenvalue weighted by molar-refractivity contribution is 1.40. The predicted molar refractivity (Wildman–Crippen MR) is 101 cm³/mol. The topological polar surface area (TPSA) is 28.7 Å². The van der Waals surface area contributed by atoms with Gasteiger partial charge >= 0.3 is 0 Å². The van der Waals surface area contributed by atoms with Crippen LogP contribution < -0.4 is 0 Å². The monoisotopic (exact) mass is 308 g/mol. The van der Waals surface area contributed by atoms with Crippen LogP contribution in [0, 0.1) is 6.92 Å². The van der Waals surface area contributed by atoms with Gasteiger partial charge in [0.2, 0.25) is 0 Å². The molecule has 24 heavy (non-hydrogen) atoms. The fourth-order valence-corrected chi connectivity index (χ4v) is 3.55. The zero-order chi connectivity index (χ0) is 16.1. The summed E-state index contributed by atoms with van der Waals surface area (Å²) in [6.45, 7) is 2.12. The summed E-state index contributed by atoms with van der Waals surface area (Å²) in [5.74, 6) is 0. The van der Waals surface area contributed by atoms with Crippen LogP contribution in [0.1, 0.15) is 5.56 Å². The second kappa shape index (κ2) is 4.93. The molecule has 0 aliphatic rings. The Bertz CT molecular complexity index is 1210. The van der Waals surface area contributed by atoms with Crippen LogP contribution in [0.15, 0.2) is 72.8 Å². The number of nitrogens with one attached hydrogen (secondary N) is 1. The van der Waals surface area contributed by atoms with Crippen molar-refractivity contribution in [2.24, 2.45) is 0 Å². The summed E-state index contributed by atoms with van der Waals surface area (Å²) in [7, 11) is 0. The number of fused-ring (bicyclic) bond motifs is 5. The summed E-state index contributed by atoms with van der Waals surface area (Å²) in [4.78, 5) is 8.62. The molecule has 2 aromatic heterocycles. The Morgan fingerprint density at radius 2 is 1.58 bits per heavy atom. The Balaban J connectivity index is 2.04. The fourth-order valence-electron chi connectivity index (χ4n) is 3.55. The number of hydrogen-bond acceptors (Lipinski definition) is 1. The van der Waals surface area contributed by atoms with E-state index < -0.39 is 0 Å². The first-order valence-electron chi connectivity index (χ1n) is 8.17. The molecule has 0 bridgehead atoms. The quantitative estimate of drug-likeness (QED) is 0.414. The molecular formula is C22H16N2. The molecular weight excluding hydrogens is 292 g/mol. The number of aromatic amines is 1. The molecule has 5 aromatic rings. The molecule has 3 aromatic carbocycles. The van der Waals surface area contributed by atoms with Crippen molar-refractivity contribution in [3.8, 4) is 11.3 Å². The van der Waals surface area contributed by atoms with Crippen molar-refractivity contribution in [2.75, 3.05) is 0 Å². The number of hydrogen-bond donors (Lipinski definition) is 1. The molecule has 0 saturated heterocycles. The lowest BCUT2D eigenvalue weighted by Gasteiger charge is -2.08. The number of pyridine rings is 1. The van der Waals surface area contributed by atoms with E-state index in [9.17, 15) is 0 Å². The number of rotatable bonds is 1. The summed E-state index contributed by atoms with van der Waals surface area (Å²) in [6.07, 6.45) is 0. The van der Waals surface area contributed by atoms with Crippen LogP contribution in [0.4, 0.5) is 0 Å². The molecule has 0 atom stereocenters. The maximum Gasteiger partial charge on any atom is 0.0809 e. The van der Waals surface area contributed by atoms with Crippen molar-refractivity contribution in [3.05, 3.63) is 78.4 Å². The summed E-state index contributed by atoms with van der Waals surface area (Å²) >= 11 is 0. The molecule has 0 fully saturated rings. The first-order valence-corrected chi connectivity index (χ1v) is 8.17. The molecule has 0 saturated carbocycles. The molecule has 2 heteroatoms. The third-order valence-corrected chi connectivity index (χ3v) is 4.64. The minimum atomic E-state index is 1.02. The van der Waals surface area contributed by atoms with E-state index >= 15 is 0 Å². The van der Waals surface area contributed by atoms with Crippen molar-refractivity contribution in [1.29, 1.82) is 0 Å². The highest BCUT2D eigenvalue weighted by Gasteiger charge is 2.15. The zero-order valence-electron chi connectivity index (χ0n) is 13.4. The Kier molecular flexibility index (Phi) is 2.74. The number of aromatic nitrogens is 2. The molecule has 0 radical (unpaired) electrons. The first-order chi connectivity index (χ1) is 11.8. The molecule has 0 aliphatic heterocycles.